The van der Waals surface area contributed by atoms with Crippen LogP contribution in [0, 0.1) is 17.7 Å². The largest absolute Gasteiger partial charge is 0.478 e. The number of aromatic nitrogens is 1. The van der Waals surface area contributed by atoms with Crippen molar-refractivity contribution in [2.45, 2.75) is 40.5 Å². The first kappa shape index (κ1) is 17.4. The van der Waals surface area contributed by atoms with Crippen LogP contribution in [0.2, 0.25) is 0 Å². The van der Waals surface area contributed by atoms with Crippen molar-refractivity contribution >= 4 is 11.8 Å². The van der Waals surface area contributed by atoms with E-state index >= 15 is 0 Å². The van der Waals surface area contributed by atoms with Gasteiger partial charge in [0.25, 0.3) is 0 Å². The van der Waals surface area contributed by atoms with Crippen LogP contribution in [-0.2, 0) is 0 Å². The molecule has 0 bridgehead atoms. The highest BCUT2D eigenvalue weighted by Crippen LogP contribution is 2.21. The number of pyridine rings is 1. The summed E-state index contributed by atoms with van der Waals surface area (Å²) < 4.78 is 13.3. The highest BCUT2D eigenvalue weighted by atomic mass is 19.1. The van der Waals surface area contributed by atoms with Gasteiger partial charge in [-0.05, 0) is 30.7 Å². The fourth-order valence-electron chi connectivity index (χ4n) is 1.99. The lowest BCUT2D eigenvalue weighted by atomic mass is 10.1. The molecule has 0 amide bonds. The Morgan fingerprint density at radius 2 is 1.76 bits per heavy atom. The second-order valence-electron chi connectivity index (χ2n) is 6.18. The van der Waals surface area contributed by atoms with Crippen LogP contribution in [0.3, 0.4) is 0 Å². The average Bonchev–Trinajstić information content (AvgIpc) is 2.38. The molecule has 0 radical (unpaired) electrons. The Kier molecular flexibility index (Phi) is 6.59. The zero-order valence-electron chi connectivity index (χ0n) is 13.3. The molecule has 1 N–H and O–H groups in total. The van der Waals surface area contributed by atoms with E-state index in [0.29, 0.717) is 17.7 Å². The van der Waals surface area contributed by atoms with E-state index in [1.165, 1.54) is 0 Å². The highest BCUT2D eigenvalue weighted by Gasteiger charge is 2.19. The molecule has 0 saturated carbocycles. The molecule has 0 aromatic carbocycles. The maximum Gasteiger partial charge on any atom is 0.339 e. The normalized spacial score (nSPS) is 11.2. The Bertz CT molecular complexity index is 463. The average molecular weight is 296 g/mol. The maximum absolute atomic E-state index is 13.3. The van der Waals surface area contributed by atoms with Crippen molar-refractivity contribution < 1.29 is 14.3 Å². The maximum atomic E-state index is 13.3. The zero-order valence-corrected chi connectivity index (χ0v) is 13.3. The van der Waals surface area contributed by atoms with Crippen LogP contribution in [0.5, 0.6) is 0 Å². The predicted molar refractivity (Wildman–Crippen MR) is 82.3 cm³/mol. The lowest BCUT2D eigenvalue weighted by molar-refractivity contribution is 0.0696. The fourth-order valence-corrected chi connectivity index (χ4v) is 1.99. The van der Waals surface area contributed by atoms with E-state index in [2.05, 4.69) is 32.7 Å². The molecule has 0 atom stereocenters. The Balaban J connectivity index is 3.02. The van der Waals surface area contributed by atoms with Crippen molar-refractivity contribution in [2.24, 2.45) is 11.8 Å². The predicted octanol–water partition coefficient (Wildman–Crippen LogP) is 3.82. The fraction of sp³-hybridized carbons (Fsp3) is 0.625. The number of carboxylic acids is 1. The van der Waals surface area contributed by atoms with Gasteiger partial charge >= 0.3 is 5.97 Å². The molecule has 0 spiro atoms. The minimum Gasteiger partial charge on any atom is -0.478 e. The van der Waals surface area contributed by atoms with Gasteiger partial charge in [-0.2, -0.15) is 0 Å². The molecule has 0 aliphatic heterocycles. The van der Waals surface area contributed by atoms with Crippen molar-refractivity contribution in [1.82, 2.24) is 4.98 Å². The van der Waals surface area contributed by atoms with Gasteiger partial charge in [0.2, 0.25) is 0 Å². The van der Waals surface area contributed by atoms with Crippen LogP contribution in [0.15, 0.2) is 12.3 Å². The summed E-state index contributed by atoms with van der Waals surface area (Å²) in [6.45, 7) is 9.94. The molecule has 0 fully saturated rings. The Morgan fingerprint density at radius 3 is 2.19 bits per heavy atom. The summed E-state index contributed by atoms with van der Waals surface area (Å²) in [6.07, 6.45) is 2.96. The molecular weight excluding hydrogens is 271 g/mol. The van der Waals surface area contributed by atoms with Crippen molar-refractivity contribution in [3.8, 4) is 0 Å². The number of hydrogen-bond acceptors (Lipinski definition) is 3. The van der Waals surface area contributed by atoms with E-state index in [0.717, 1.165) is 38.2 Å². The van der Waals surface area contributed by atoms with E-state index in [-0.39, 0.29) is 5.56 Å². The van der Waals surface area contributed by atoms with Crippen LogP contribution < -0.4 is 4.90 Å². The van der Waals surface area contributed by atoms with Crippen molar-refractivity contribution in [3.63, 3.8) is 0 Å². The Morgan fingerprint density at radius 1 is 1.24 bits per heavy atom. The Hall–Kier alpha value is -1.65. The SMILES string of the molecule is CC(C)CCN(CCC(C)C)c1ncc(F)cc1C(=O)O. The smallest absolute Gasteiger partial charge is 0.339 e. The zero-order chi connectivity index (χ0) is 16.0. The summed E-state index contributed by atoms with van der Waals surface area (Å²) in [6, 6.07) is 1.04. The summed E-state index contributed by atoms with van der Waals surface area (Å²) in [7, 11) is 0. The van der Waals surface area contributed by atoms with Gasteiger partial charge in [0, 0.05) is 13.1 Å². The first-order chi connectivity index (χ1) is 9.81. The Labute approximate surface area is 126 Å². The topological polar surface area (TPSA) is 53.4 Å². The van der Waals surface area contributed by atoms with Crippen LogP contribution in [0.25, 0.3) is 0 Å². The van der Waals surface area contributed by atoms with Gasteiger partial charge < -0.3 is 10.0 Å². The molecule has 1 rings (SSSR count). The van der Waals surface area contributed by atoms with E-state index in [9.17, 15) is 14.3 Å². The summed E-state index contributed by atoms with van der Waals surface area (Å²) in [5.74, 6) is -0.370. The number of carbonyl (C=O) groups is 1. The summed E-state index contributed by atoms with van der Waals surface area (Å²) in [5.41, 5.74) is -0.0671. The van der Waals surface area contributed by atoms with Crippen LogP contribution in [0.1, 0.15) is 50.9 Å². The van der Waals surface area contributed by atoms with Crippen LogP contribution >= 0.6 is 0 Å². The molecular formula is C16H25FN2O2. The number of nitrogens with zero attached hydrogens (tertiary/aromatic N) is 2. The molecule has 0 aliphatic carbocycles. The molecule has 118 valence electrons. The molecule has 21 heavy (non-hydrogen) atoms. The van der Waals surface area contributed by atoms with Crippen molar-refractivity contribution in [3.05, 3.63) is 23.6 Å². The minimum absolute atomic E-state index is 0.0671. The molecule has 5 heteroatoms. The third-order valence-corrected chi connectivity index (χ3v) is 3.32. The quantitative estimate of drug-likeness (QED) is 0.792. The second-order valence-corrected chi connectivity index (χ2v) is 6.18. The van der Waals surface area contributed by atoms with E-state index in [1.54, 1.807) is 0 Å². The number of halogens is 1. The number of anilines is 1. The highest BCUT2D eigenvalue weighted by molar-refractivity contribution is 5.93. The van der Waals surface area contributed by atoms with Crippen LogP contribution in [-0.4, -0.2) is 29.1 Å². The lowest BCUT2D eigenvalue weighted by Gasteiger charge is -2.26. The summed E-state index contributed by atoms with van der Waals surface area (Å²) >= 11 is 0. The van der Waals surface area contributed by atoms with E-state index in [1.807, 2.05) is 4.90 Å². The summed E-state index contributed by atoms with van der Waals surface area (Å²) in [4.78, 5) is 17.3. The van der Waals surface area contributed by atoms with E-state index < -0.39 is 11.8 Å². The number of aromatic carboxylic acids is 1. The van der Waals surface area contributed by atoms with Crippen molar-refractivity contribution in [1.29, 1.82) is 0 Å². The monoisotopic (exact) mass is 296 g/mol. The van der Waals surface area contributed by atoms with Gasteiger partial charge in [-0.1, -0.05) is 27.7 Å². The van der Waals surface area contributed by atoms with Gasteiger partial charge in [-0.15, -0.1) is 0 Å². The number of rotatable bonds is 8. The standard InChI is InChI=1S/C16H25FN2O2/c1-11(2)5-7-19(8-6-12(3)4)15-14(16(20)21)9-13(17)10-18-15/h9-12H,5-8H2,1-4H3,(H,20,21). The van der Waals surface area contributed by atoms with Gasteiger partial charge in [0.15, 0.2) is 0 Å². The summed E-state index contributed by atoms with van der Waals surface area (Å²) in [5, 5.41) is 9.26. The first-order valence-electron chi connectivity index (χ1n) is 7.45. The molecule has 0 saturated heterocycles. The van der Waals surface area contributed by atoms with Crippen LogP contribution in [0.4, 0.5) is 10.2 Å². The number of carboxylic acid groups (broad SMARTS) is 1. The lowest BCUT2D eigenvalue weighted by Crippen LogP contribution is -2.30. The third kappa shape index (κ3) is 5.69. The van der Waals surface area contributed by atoms with Gasteiger partial charge in [0.05, 0.1) is 6.20 Å². The molecule has 1 aromatic rings. The van der Waals surface area contributed by atoms with Gasteiger partial charge in [-0.3, -0.25) is 0 Å². The first-order valence-corrected chi connectivity index (χ1v) is 7.45. The molecule has 0 aliphatic rings. The minimum atomic E-state index is -1.14. The van der Waals surface area contributed by atoms with E-state index in [4.69, 9.17) is 0 Å². The second kappa shape index (κ2) is 7.96. The van der Waals surface area contributed by atoms with Crippen molar-refractivity contribution in [2.75, 3.05) is 18.0 Å². The molecule has 1 heterocycles. The molecule has 4 nitrogen and oxygen atoms in total. The third-order valence-electron chi connectivity index (χ3n) is 3.32. The molecule has 1 aromatic heterocycles. The van der Waals surface area contributed by atoms with Gasteiger partial charge in [-0.25, -0.2) is 14.2 Å². The van der Waals surface area contributed by atoms with Gasteiger partial charge in [0.1, 0.15) is 17.2 Å². The number of hydrogen-bond donors (Lipinski definition) is 1. The molecule has 0 unspecified atom stereocenters.